The molecule has 0 spiro atoms. The molecule has 3 rings (SSSR count). The summed E-state index contributed by atoms with van der Waals surface area (Å²) in [6.45, 7) is 0.835. The Hall–Kier alpha value is -2.85. The molecule has 0 bridgehead atoms. The summed E-state index contributed by atoms with van der Waals surface area (Å²) in [5.74, 6) is 0.539. The van der Waals surface area contributed by atoms with Crippen LogP contribution >= 0.6 is 0 Å². The van der Waals surface area contributed by atoms with E-state index in [2.05, 4.69) is 16.5 Å². The Morgan fingerprint density at radius 2 is 2.24 bits per heavy atom. The second kappa shape index (κ2) is 7.81. The molecule has 0 radical (unpaired) electrons. The van der Waals surface area contributed by atoms with Gasteiger partial charge in [-0.2, -0.15) is 10.4 Å². The van der Waals surface area contributed by atoms with Crippen LogP contribution in [0.2, 0.25) is 0 Å². The second-order valence-corrected chi connectivity index (χ2v) is 6.00. The van der Waals surface area contributed by atoms with E-state index in [9.17, 15) is 4.79 Å². The standard InChI is InChI=1S/C18H20N4O3/c1-22-10-15(9-20-22)25-17-12-24-11-16(17)21-18(23)8-14-5-3-2-4-13(14)6-7-19/h2-5,9-10,16-17H,6,8,11-12H2,1H3,(H,21,23)/t16-,17+/m0/s1. The van der Waals surface area contributed by atoms with Gasteiger partial charge in [-0.1, -0.05) is 24.3 Å². The SMILES string of the molecule is Cn1cc(O[C@@H]2COC[C@@H]2NC(=O)Cc2ccccc2CC#N)cn1. The molecule has 1 aliphatic rings. The Labute approximate surface area is 146 Å². The fourth-order valence-corrected chi connectivity index (χ4v) is 2.84. The van der Waals surface area contributed by atoms with E-state index in [1.54, 1.807) is 17.1 Å². The van der Waals surface area contributed by atoms with Gasteiger partial charge in [-0.25, -0.2) is 0 Å². The van der Waals surface area contributed by atoms with Crippen molar-refractivity contribution in [3.63, 3.8) is 0 Å². The molecule has 2 heterocycles. The fourth-order valence-electron chi connectivity index (χ4n) is 2.84. The average Bonchev–Trinajstić information content (AvgIpc) is 3.19. The summed E-state index contributed by atoms with van der Waals surface area (Å²) >= 11 is 0. The summed E-state index contributed by atoms with van der Waals surface area (Å²) in [6.07, 6.45) is 3.68. The number of nitrogens with zero attached hydrogens (tertiary/aromatic N) is 3. The van der Waals surface area contributed by atoms with Gasteiger partial charge in [0.05, 0.1) is 50.6 Å². The molecule has 1 saturated heterocycles. The molecule has 0 unspecified atom stereocenters. The number of rotatable bonds is 6. The zero-order valence-corrected chi connectivity index (χ0v) is 14.0. The fraction of sp³-hybridized carbons (Fsp3) is 0.389. The highest BCUT2D eigenvalue weighted by Crippen LogP contribution is 2.17. The number of ether oxygens (including phenoxy) is 2. The average molecular weight is 340 g/mol. The van der Waals surface area contributed by atoms with Crippen LogP contribution in [0.25, 0.3) is 0 Å². The molecule has 1 aromatic carbocycles. The third-order valence-electron chi connectivity index (χ3n) is 4.08. The molecular formula is C18H20N4O3. The van der Waals surface area contributed by atoms with E-state index in [-0.39, 0.29) is 24.5 Å². The number of carbonyl (C=O) groups is 1. The third-order valence-corrected chi connectivity index (χ3v) is 4.08. The number of nitriles is 1. The summed E-state index contributed by atoms with van der Waals surface area (Å²) in [6, 6.07) is 9.41. The molecule has 2 atom stereocenters. The van der Waals surface area contributed by atoms with Crippen LogP contribution in [-0.2, 0) is 29.4 Å². The lowest BCUT2D eigenvalue weighted by molar-refractivity contribution is -0.121. The minimum absolute atomic E-state index is 0.110. The van der Waals surface area contributed by atoms with Crippen LogP contribution in [0.1, 0.15) is 11.1 Å². The summed E-state index contributed by atoms with van der Waals surface area (Å²) < 4.78 is 13.0. The number of hydrogen-bond acceptors (Lipinski definition) is 5. The molecule has 25 heavy (non-hydrogen) atoms. The number of amides is 1. The van der Waals surface area contributed by atoms with Gasteiger partial charge in [0.2, 0.25) is 5.91 Å². The van der Waals surface area contributed by atoms with Gasteiger partial charge in [0.25, 0.3) is 0 Å². The first kappa shape index (κ1) is 17.0. The third kappa shape index (κ3) is 4.37. The Balaban J connectivity index is 1.59. The van der Waals surface area contributed by atoms with E-state index in [1.165, 1.54) is 0 Å². The predicted octanol–water partition coefficient (Wildman–Crippen LogP) is 0.991. The van der Waals surface area contributed by atoms with Gasteiger partial charge in [-0.05, 0) is 11.1 Å². The molecule has 7 nitrogen and oxygen atoms in total. The van der Waals surface area contributed by atoms with E-state index in [1.807, 2.05) is 31.3 Å². The van der Waals surface area contributed by atoms with Gasteiger partial charge >= 0.3 is 0 Å². The predicted molar refractivity (Wildman–Crippen MR) is 89.8 cm³/mol. The van der Waals surface area contributed by atoms with Gasteiger partial charge in [-0.3, -0.25) is 9.48 Å². The second-order valence-electron chi connectivity index (χ2n) is 6.00. The molecule has 1 fully saturated rings. The number of aromatic nitrogens is 2. The Morgan fingerprint density at radius 3 is 2.96 bits per heavy atom. The van der Waals surface area contributed by atoms with Crippen LogP contribution in [0.15, 0.2) is 36.7 Å². The van der Waals surface area contributed by atoms with Crippen molar-refractivity contribution in [1.29, 1.82) is 5.26 Å². The normalized spacial score (nSPS) is 19.4. The lowest BCUT2D eigenvalue weighted by atomic mass is 10.0. The number of aryl methyl sites for hydroxylation is 1. The molecular weight excluding hydrogens is 320 g/mol. The smallest absolute Gasteiger partial charge is 0.224 e. The maximum atomic E-state index is 12.4. The molecule has 0 aliphatic carbocycles. The number of nitrogens with one attached hydrogen (secondary N) is 1. The summed E-state index contributed by atoms with van der Waals surface area (Å²) in [5.41, 5.74) is 1.75. The largest absolute Gasteiger partial charge is 0.482 e. The number of benzene rings is 1. The summed E-state index contributed by atoms with van der Waals surface area (Å²) in [5, 5.41) is 15.9. The molecule has 1 aliphatic heterocycles. The molecule has 1 amide bonds. The van der Waals surface area contributed by atoms with Crippen LogP contribution in [0, 0.1) is 11.3 Å². The summed E-state index contributed by atoms with van der Waals surface area (Å²) in [7, 11) is 1.82. The Bertz CT molecular complexity index is 781. The van der Waals surface area contributed by atoms with E-state index in [0.29, 0.717) is 25.4 Å². The number of hydrogen-bond donors (Lipinski definition) is 1. The molecule has 130 valence electrons. The van der Waals surface area contributed by atoms with Gasteiger partial charge in [0.15, 0.2) is 5.75 Å². The highest BCUT2D eigenvalue weighted by molar-refractivity contribution is 5.79. The van der Waals surface area contributed by atoms with E-state index >= 15 is 0 Å². The lowest BCUT2D eigenvalue weighted by Gasteiger charge is -2.20. The first-order valence-electron chi connectivity index (χ1n) is 8.12. The molecule has 7 heteroatoms. The van der Waals surface area contributed by atoms with Crippen LogP contribution in [0.4, 0.5) is 0 Å². The van der Waals surface area contributed by atoms with E-state index in [4.69, 9.17) is 14.7 Å². The monoisotopic (exact) mass is 340 g/mol. The van der Waals surface area contributed by atoms with Crippen molar-refractivity contribution in [2.24, 2.45) is 7.05 Å². The van der Waals surface area contributed by atoms with Crippen LogP contribution in [0.5, 0.6) is 5.75 Å². The highest BCUT2D eigenvalue weighted by atomic mass is 16.5. The van der Waals surface area contributed by atoms with Crippen molar-refractivity contribution in [3.8, 4) is 11.8 Å². The molecule has 2 aromatic rings. The quantitative estimate of drug-likeness (QED) is 0.847. The van der Waals surface area contributed by atoms with Gasteiger partial charge in [0.1, 0.15) is 6.10 Å². The zero-order valence-electron chi connectivity index (χ0n) is 14.0. The minimum Gasteiger partial charge on any atom is -0.482 e. The summed E-state index contributed by atoms with van der Waals surface area (Å²) in [4.78, 5) is 12.4. The van der Waals surface area contributed by atoms with Gasteiger partial charge < -0.3 is 14.8 Å². The Kier molecular flexibility index (Phi) is 5.31. The van der Waals surface area contributed by atoms with Crippen molar-refractivity contribution in [2.75, 3.05) is 13.2 Å². The van der Waals surface area contributed by atoms with Crippen LogP contribution in [0.3, 0.4) is 0 Å². The van der Waals surface area contributed by atoms with Crippen LogP contribution in [-0.4, -0.2) is 41.0 Å². The van der Waals surface area contributed by atoms with Crippen LogP contribution < -0.4 is 10.1 Å². The molecule has 0 saturated carbocycles. The van der Waals surface area contributed by atoms with Gasteiger partial charge in [0, 0.05) is 7.05 Å². The van der Waals surface area contributed by atoms with Crippen molar-refractivity contribution in [3.05, 3.63) is 47.8 Å². The first-order valence-corrected chi connectivity index (χ1v) is 8.12. The van der Waals surface area contributed by atoms with E-state index < -0.39 is 0 Å². The first-order chi connectivity index (χ1) is 12.2. The van der Waals surface area contributed by atoms with E-state index in [0.717, 1.165) is 11.1 Å². The van der Waals surface area contributed by atoms with Crippen molar-refractivity contribution >= 4 is 5.91 Å². The minimum atomic E-state index is -0.248. The highest BCUT2D eigenvalue weighted by Gasteiger charge is 2.31. The zero-order chi connectivity index (χ0) is 17.6. The van der Waals surface area contributed by atoms with Crippen molar-refractivity contribution in [1.82, 2.24) is 15.1 Å². The number of carbonyl (C=O) groups excluding carboxylic acids is 1. The van der Waals surface area contributed by atoms with Crippen molar-refractivity contribution < 1.29 is 14.3 Å². The van der Waals surface area contributed by atoms with Crippen molar-refractivity contribution in [2.45, 2.75) is 25.0 Å². The molecule has 1 aromatic heterocycles. The topological polar surface area (TPSA) is 89.2 Å². The Morgan fingerprint density at radius 1 is 1.44 bits per heavy atom. The molecule has 1 N–H and O–H groups in total. The van der Waals surface area contributed by atoms with Gasteiger partial charge in [-0.15, -0.1) is 0 Å². The maximum Gasteiger partial charge on any atom is 0.224 e. The lowest BCUT2D eigenvalue weighted by Crippen LogP contribution is -2.45. The maximum absolute atomic E-state index is 12.4.